The van der Waals surface area contributed by atoms with Crippen molar-refractivity contribution in [2.75, 3.05) is 0 Å². The highest BCUT2D eigenvalue weighted by molar-refractivity contribution is 5.83. The van der Waals surface area contributed by atoms with Gasteiger partial charge in [-0.25, -0.2) is 0 Å². The first-order chi connectivity index (χ1) is 14.1. The van der Waals surface area contributed by atoms with Gasteiger partial charge in [-0.2, -0.15) is 0 Å². The molecule has 0 fully saturated rings. The van der Waals surface area contributed by atoms with E-state index in [0.29, 0.717) is 6.42 Å². The second-order valence-electron chi connectivity index (χ2n) is 8.74. The van der Waals surface area contributed by atoms with Crippen molar-refractivity contribution in [3.8, 4) is 0 Å². The van der Waals surface area contributed by atoms with Crippen molar-refractivity contribution in [2.24, 2.45) is 0 Å². The Bertz CT molecular complexity index is 384. The first kappa shape index (κ1) is 27.9. The number of carboxylic acid groups (broad SMARTS) is 1. The number of aliphatic carboxylic acids is 1. The highest BCUT2D eigenvalue weighted by atomic mass is 16.4. The van der Waals surface area contributed by atoms with Crippen LogP contribution in [0.1, 0.15) is 142 Å². The van der Waals surface area contributed by atoms with Gasteiger partial charge in [-0.3, -0.25) is 9.59 Å². The van der Waals surface area contributed by atoms with Crippen LogP contribution in [-0.4, -0.2) is 23.0 Å². The smallest absolute Gasteiger partial charge is 0.325 e. The van der Waals surface area contributed by atoms with Crippen molar-refractivity contribution < 1.29 is 14.7 Å². The van der Waals surface area contributed by atoms with Gasteiger partial charge in [0.2, 0.25) is 5.91 Å². The van der Waals surface area contributed by atoms with Gasteiger partial charge in [-0.05, 0) is 13.3 Å². The largest absolute Gasteiger partial charge is 0.480 e. The normalized spacial score (nSPS) is 12.1. The number of carboxylic acids is 1. The molecule has 1 atom stereocenters. The summed E-state index contributed by atoms with van der Waals surface area (Å²) in [6.07, 6.45) is 25.8. The fourth-order valence-corrected chi connectivity index (χ4v) is 3.74. The molecule has 1 unspecified atom stereocenters. The number of nitrogens with one attached hydrogen (secondary N) is 1. The first-order valence-corrected chi connectivity index (χ1v) is 12.6. The first-order valence-electron chi connectivity index (χ1n) is 12.6. The molecule has 0 radical (unpaired) electrons. The molecular formula is C25H49NO3. The van der Waals surface area contributed by atoms with Crippen molar-refractivity contribution in [3.05, 3.63) is 0 Å². The fraction of sp³-hybridized carbons (Fsp3) is 0.920. The summed E-state index contributed by atoms with van der Waals surface area (Å²) >= 11 is 0. The maximum atomic E-state index is 11.6. The van der Waals surface area contributed by atoms with Crippen LogP contribution < -0.4 is 5.32 Å². The molecule has 0 bridgehead atoms. The van der Waals surface area contributed by atoms with Crippen LogP contribution in [0.4, 0.5) is 0 Å². The lowest BCUT2D eigenvalue weighted by Crippen LogP contribution is -2.38. The third-order valence-corrected chi connectivity index (χ3v) is 5.76. The van der Waals surface area contributed by atoms with Gasteiger partial charge < -0.3 is 10.4 Å². The van der Waals surface area contributed by atoms with Crippen molar-refractivity contribution >= 4 is 11.9 Å². The molecule has 4 heteroatoms. The van der Waals surface area contributed by atoms with Crippen LogP contribution >= 0.6 is 0 Å². The second-order valence-corrected chi connectivity index (χ2v) is 8.74. The monoisotopic (exact) mass is 411 g/mol. The lowest BCUT2D eigenvalue weighted by atomic mass is 10.0. The number of amides is 1. The van der Waals surface area contributed by atoms with Crippen LogP contribution in [0.2, 0.25) is 0 Å². The molecule has 1 amide bonds. The summed E-state index contributed by atoms with van der Waals surface area (Å²) in [5, 5.41) is 11.3. The fourth-order valence-electron chi connectivity index (χ4n) is 3.74. The maximum absolute atomic E-state index is 11.6. The van der Waals surface area contributed by atoms with Crippen LogP contribution in [0.3, 0.4) is 0 Å². The van der Waals surface area contributed by atoms with Gasteiger partial charge in [0.05, 0.1) is 0 Å². The topological polar surface area (TPSA) is 66.4 Å². The van der Waals surface area contributed by atoms with Crippen LogP contribution in [0.15, 0.2) is 0 Å². The molecule has 0 aliphatic rings. The minimum absolute atomic E-state index is 0.146. The molecule has 4 nitrogen and oxygen atoms in total. The Labute approximate surface area is 180 Å². The summed E-state index contributed by atoms with van der Waals surface area (Å²) in [4.78, 5) is 22.2. The molecule has 2 N–H and O–H groups in total. The molecule has 0 aromatic rings. The zero-order chi connectivity index (χ0) is 21.6. The summed E-state index contributed by atoms with van der Waals surface area (Å²) in [6.45, 7) is 3.77. The Balaban J connectivity index is 3.15. The zero-order valence-corrected chi connectivity index (χ0v) is 19.5. The average molecular weight is 412 g/mol. The third kappa shape index (κ3) is 21.5. The van der Waals surface area contributed by atoms with Gasteiger partial charge in [0, 0.05) is 6.42 Å². The van der Waals surface area contributed by atoms with Crippen molar-refractivity contribution in [3.63, 3.8) is 0 Å². The summed E-state index contributed by atoms with van der Waals surface area (Å²) in [6, 6.07) is -0.789. The molecule has 0 heterocycles. The van der Waals surface area contributed by atoms with E-state index in [1.807, 2.05) is 0 Å². The molecule has 0 rings (SSSR count). The molecule has 0 aliphatic carbocycles. The standard InChI is InChI=1S/C25H49NO3/c1-3-4-5-6-7-8-9-10-11-12-13-14-15-16-17-18-19-20-21-22-24(27)26-23(2)25(28)29/h23H,3-22H2,1-2H3,(H,26,27)(H,28,29). The number of rotatable bonds is 22. The number of unbranched alkanes of at least 4 members (excludes halogenated alkanes) is 18. The van der Waals surface area contributed by atoms with E-state index in [9.17, 15) is 9.59 Å². The summed E-state index contributed by atoms with van der Waals surface area (Å²) in [5.74, 6) is -1.13. The van der Waals surface area contributed by atoms with Gasteiger partial charge in [0.15, 0.2) is 0 Å². The SMILES string of the molecule is CCCCCCCCCCCCCCCCCCCCCC(=O)NC(C)C(=O)O. The predicted octanol–water partition coefficient (Wildman–Crippen LogP) is 7.40. The number of hydrogen-bond acceptors (Lipinski definition) is 2. The second kappa shape index (κ2) is 21.6. The maximum Gasteiger partial charge on any atom is 0.325 e. The van der Waals surface area contributed by atoms with Gasteiger partial charge in [-0.15, -0.1) is 0 Å². The minimum atomic E-state index is -0.980. The van der Waals surface area contributed by atoms with E-state index in [-0.39, 0.29) is 5.91 Å². The van der Waals surface area contributed by atoms with Crippen molar-refractivity contribution in [2.45, 2.75) is 148 Å². The van der Waals surface area contributed by atoms with E-state index < -0.39 is 12.0 Å². The van der Waals surface area contributed by atoms with E-state index in [1.165, 1.54) is 116 Å². The number of hydrogen-bond donors (Lipinski definition) is 2. The molecule has 0 aromatic carbocycles. The molecule has 0 aliphatic heterocycles. The predicted molar refractivity (Wildman–Crippen MR) is 123 cm³/mol. The molecular weight excluding hydrogens is 362 g/mol. The van der Waals surface area contributed by atoms with Crippen LogP contribution in [0.5, 0.6) is 0 Å². The molecule has 0 saturated heterocycles. The van der Waals surface area contributed by atoms with E-state index >= 15 is 0 Å². The van der Waals surface area contributed by atoms with Gasteiger partial charge in [0.1, 0.15) is 6.04 Å². The Morgan fingerprint density at radius 1 is 0.621 bits per heavy atom. The Kier molecular flexibility index (Phi) is 20.9. The average Bonchev–Trinajstić information content (AvgIpc) is 2.69. The summed E-state index contributed by atoms with van der Waals surface area (Å²) < 4.78 is 0. The number of carbonyl (C=O) groups is 2. The lowest BCUT2D eigenvalue weighted by Gasteiger charge is -2.08. The lowest BCUT2D eigenvalue weighted by molar-refractivity contribution is -0.141. The molecule has 0 spiro atoms. The quantitative estimate of drug-likeness (QED) is 0.182. The summed E-state index contributed by atoms with van der Waals surface area (Å²) in [7, 11) is 0. The van der Waals surface area contributed by atoms with E-state index in [0.717, 1.165) is 12.8 Å². The Hall–Kier alpha value is -1.06. The van der Waals surface area contributed by atoms with Gasteiger partial charge in [-0.1, -0.05) is 122 Å². The van der Waals surface area contributed by atoms with Crippen molar-refractivity contribution in [1.82, 2.24) is 5.32 Å². The Morgan fingerprint density at radius 2 is 0.931 bits per heavy atom. The summed E-state index contributed by atoms with van der Waals surface area (Å²) in [5.41, 5.74) is 0. The zero-order valence-electron chi connectivity index (χ0n) is 19.5. The molecule has 0 saturated carbocycles. The van der Waals surface area contributed by atoms with Crippen LogP contribution in [-0.2, 0) is 9.59 Å². The van der Waals surface area contributed by atoms with E-state index in [4.69, 9.17) is 5.11 Å². The van der Waals surface area contributed by atoms with E-state index in [2.05, 4.69) is 12.2 Å². The minimum Gasteiger partial charge on any atom is -0.480 e. The van der Waals surface area contributed by atoms with Crippen molar-refractivity contribution in [1.29, 1.82) is 0 Å². The Morgan fingerprint density at radius 3 is 1.24 bits per heavy atom. The molecule has 29 heavy (non-hydrogen) atoms. The molecule has 0 aromatic heterocycles. The van der Waals surface area contributed by atoms with Gasteiger partial charge in [0.25, 0.3) is 0 Å². The van der Waals surface area contributed by atoms with E-state index in [1.54, 1.807) is 0 Å². The molecule has 172 valence electrons. The van der Waals surface area contributed by atoms with Gasteiger partial charge >= 0.3 is 5.97 Å². The number of carbonyl (C=O) groups excluding carboxylic acids is 1. The third-order valence-electron chi connectivity index (χ3n) is 5.76. The van der Waals surface area contributed by atoms with Crippen LogP contribution in [0, 0.1) is 0 Å². The highest BCUT2D eigenvalue weighted by Crippen LogP contribution is 2.14. The highest BCUT2D eigenvalue weighted by Gasteiger charge is 2.12. The van der Waals surface area contributed by atoms with Crippen LogP contribution in [0.25, 0.3) is 0 Å².